The monoisotopic (exact) mass is 235 g/mol. The highest BCUT2D eigenvalue weighted by Gasteiger charge is 2.26. The zero-order valence-electron chi connectivity index (χ0n) is 10.8. The summed E-state index contributed by atoms with van der Waals surface area (Å²) >= 11 is 0. The Morgan fingerprint density at radius 1 is 1.53 bits per heavy atom. The molecule has 4 nitrogen and oxygen atoms in total. The van der Waals surface area contributed by atoms with E-state index in [1.54, 1.807) is 6.20 Å². The lowest BCUT2D eigenvalue weighted by atomic mass is 9.95. The third kappa shape index (κ3) is 2.57. The van der Waals surface area contributed by atoms with Crippen molar-refractivity contribution in [3.8, 4) is 0 Å². The molecule has 1 aromatic heterocycles. The second-order valence-electron chi connectivity index (χ2n) is 5.18. The number of hydrogen-bond acceptors (Lipinski definition) is 4. The standard InChI is InChI=1S/C13H21N3O/c1-9(2)11-4-5-16(7-11)13-14-6-12(8-17)10(3)15-13/h6,9,11,17H,4-5,7-8H2,1-3H3. The van der Waals surface area contributed by atoms with Crippen LogP contribution in [-0.4, -0.2) is 28.2 Å². The van der Waals surface area contributed by atoms with Crippen LogP contribution in [0.15, 0.2) is 6.20 Å². The van der Waals surface area contributed by atoms with Crippen LogP contribution in [0, 0.1) is 18.8 Å². The van der Waals surface area contributed by atoms with Crippen molar-refractivity contribution in [2.45, 2.75) is 33.8 Å². The lowest BCUT2D eigenvalue weighted by molar-refractivity contribution is 0.280. The predicted octanol–water partition coefficient (Wildman–Crippen LogP) is 1.76. The first kappa shape index (κ1) is 12.3. The van der Waals surface area contributed by atoms with Crippen LogP contribution in [0.5, 0.6) is 0 Å². The van der Waals surface area contributed by atoms with E-state index in [1.165, 1.54) is 6.42 Å². The van der Waals surface area contributed by atoms with E-state index in [0.29, 0.717) is 0 Å². The molecule has 1 aliphatic rings. The van der Waals surface area contributed by atoms with E-state index in [9.17, 15) is 0 Å². The summed E-state index contributed by atoms with van der Waals surface area (Å²) in [6.07, 6.45) is 2.96. The fourth-order valence-corrected chi connectivity index (χ4v) is 2.30. The third-order valence-corrected chi connectivity index (χ3v) is 3.69. The summed E-state index contributed by atoms with van der Waals surface area (Å²) in [5.41, 5.74) is 1.69. The Morgan fingerprint density at radius 2 is 2.29 bits per heavy atom. The summed E-state index contributed by atoms with van der Waals surface area (Å²) in [6, 6.07) is 0. The number of aryl methyl sites for hydroxylation is 1. The molecule has 1 fully saturated rings. The van der Waals surface area contributed by atoms with Crippen molar-refractivity contribution in [1.29, 1.82) is 0 Å². The molecule has 0 spiro atoms. The van der Waals surface area contributed by atoms with E-state index in [2.05, 4.69) is 28.7 Å². The number of rotatable bonds is 3. The summed E-state index contributed by atoms with van der Waals surface area (Å²) in [6.45, 7) is 8.58. The molecule has 2 rings (SSSR count). The van der Waals surface area contributed by atoms with Crippen LogP contribution in [0.3, 0.4) is 0 Å². The molecule has 1 unspecified atom stereocenters. The lowest BCUT2D eigenvalue weighted by Gasteiger charge is -2.18. The second-order valence-corrected chi connectivity index (χ2v) is 5.18. The molecule has 1 saturated heterocycles. The minimum Gasteiger partial charge on any atom is -0.392 e. The average molecular weight is 235 g/mol. The maximum absolute atomic E-state index is 9.10. The molecule has 4 heteroatoms. The maximum atomic E-state index is 9.10. The van der Waals surface area contributed by atoms with Crippen molar-refractivity contribution in [3.63, 3.8) is 0 Å². The quantitative estimate of drug-likeness (QED) is 0.867. The second kappa shape index (κ2) is 5.00. The van der Waals surface area contributed by atoms with Gasteiger partial charge in [0.15, 0.2) is 0 Å². The smallest absolute Gasteiger partial charge is 0.225 e. The Labute approximate surface area is 103 Å². The van der Waals surface area contributed by atoms with Crippen LogP contribution in [-0.2, 0) is 6.61 Å². The van der Waals surface area contributed by atoms with Gasteiger partial charge in [0, 0.05) is 30.5 Å². The van der Waals surface area contributed by atoms with Gasteiger partial charge in [-0.05, 0) is 25.2 Å². The van der Waals surface area contributed by atoms with E-state index in [1.807, 2.05) is 6.92 Å². The molecule has 1 aliphatic heterocycles. The average Bonchev–Trinajstić information content (AvgIpc) is 2.78. The van der Waals surface area contributed by atoms with Gasteiger partial charge in [-0.25, -0.2) is 9.97 Å². The van der Waals surface area contributed by atoms with E-state index in [-0.39, 0.29) is 6.61 Å². The maximum Gasteiger partial charge on any atom is 0.225 e. The molecule has 0 saturated carbocycles. The first-order valence-corrected chi connectivity index (χ1v) is 6.30. The highest BCUT2D eigenvalue weighted by atomic mass is 16.3. The molecule has 1 N–H and O–H groups in total. The number of nitrogens with zero attached hydrogens (tertiary/aromatic N) is 3. The van der Waals surface area contributed by atoms with E-state index < -0.39 is 0 Å². The summed E-state index contributed by atoms with van der Waals surface area (Å²) in [7, 11) is 0. The van der Waals surface area contributed by atoms with Crippen molar-refractivity contribution in [2.24, 2.45) is 11.8 Å². The number of anilines is 1. The van der Waals surface area contributed by atoms with Crippen molar-refractivity contribution in [3.05, 3.63) is 17.5 Å². The minimum absolute atomic E-state index is 0.0146. The predicted molar refractivity (Wildman–Crippen MR) is 67.8 cm³/mol. The Kier molecular flexibility index (Phi) is 3.62. The van der Waals surface area contributed by atoms with Gasteiger partial charge in [0.05, 0.1) is 6.61 Å². The van der Waals surface area contributed by atoms with Crippen molar-refractivity contribution < 1.29 is 5.11 Å². The van der Waals surface area contributed by atoms with E-state index in [4.69, 9.17) is 5.11 Å². The first-order valence-electron chi connectivity index (χ1n) is 6.30. The Bertz CT molecular complexity index is 392. The highest BCUT2D eigenvalue weighted by Crippen LogP contribution is 2.26. The highest BCUT2D eigenvalue weighted by molar-refractivity contribution is 5.34. The van der Waals surface area contributed by atoms with Crippen LogP contribution in [0.2, 0.25) is 0 Å². The molecule has 94 valence electrons. The molecule has 0 aromatic carbocycles. The molecule has 0 aliphatic carbocycles. The van der Waals surface area contributed by atoms with Crippen LogP contribution in [0.25, 0.3) is 0 Å². The Morgan fingerprint density at radius 3 is 2.82 bits per heavy atom. The van der Waals surface area contributed by atoms with E-state index >= 15 is 0 Å². The van der Waals surface area contributed by atoms with Crippen LogP contribution in [0.4, 0.5) is 5.95 Å². The van der Waals surface area contributed by atoms with Crippen LogP contribution >= 0.6 is 0 Å². The molecule has 17 heavy (non-hydrogen) atoms. The normalized spacial score (nSPS) is 20.3. The number of hydrogen-bond donors (Lipinski definition) is 1. The van der Waals surface area contributed by atoms with Gasteiger partial charge in [0.25, 0.3) is 0 Å². The van der Waals surface area contributed by atoms with Gasteiger partial charge in [0.1, 0.15) is 0 Å². The van der Waals surface area contributed by atoms with Gasteiger partial charge in [-0.3, -0.25) is 0 Å². The van der Waals surface area contributed by atoms with Gasteiger partial charge in [-0.15, -0.1) is 0 Å². The zero-order valence-corrected chi connectivity index (χ0v) is 10.8. The van der Waals surface area contributed by atoms with Crippen molar-refractivity contribution >= 4 is 5.95 Å². The molecule has 1 aromatic rings. The van der Waals surface area contributed by atoms with Gasteiger partial charge >= 0.3 is 0 Å². The van der Waals surface area contributed by atoms with E-state index in [0.717, 1.165) is 42.1 Å². The molecular weight excluding hydrogens is 214 g/mol. The van der Waals surface area contributed by atoms with Crippen LogP contribution in [0.1, 0.15) is 31.5 Å². The largest absolute Gasteiger partial charge is 0.392 e. The molecule has 0 radical (unpaired) electrons. The van der Waals surface area contributed by atoms with Gasteiger partial charge in [-0.1, -0.05) is 13.8 Å². The SMILES string of the molecule is Cc1nc(N2CCC(C(C)C)C2)ncc1CO. The molecule has 1 atom stereocenters. The molecular formula is C13H21N3O. The number of aliphatic hydroxyl groups excluding tert-OH is 1. The first-order chi connectivity index (χ1) is 8.11. The molecule has 0 bridgehead atoms. The summed E-state index contributed by atoms with van der Waals surface area (Å²) in [4.78, 5) is 11.1. The fraction of sp³-hybridized carbons (Fsp3) is 0.692. The van der Waals surface area contributed by atoms with Crippen molar-refractivity contribution in [1.82, 2.24) is 9.97 Å². The summed E-state index contributed by atoms with van der Waals surface area (Å²) in [5, 5.41) is 9.10. The lowest BCUT2D eigenvalue weighted by Crippen LogP contribution is -2.23. The summed E-state index contributed by atoms with van der Waals surface area (Å²) in [5.74, 6) is 2.28. The van der Waals surface area contributed by atoms with Crippen LogP contribution < -0.4 is 4.90 Å². The van der Waals surface area contributed by atoms with Gasteiger partial charge in [-0.2, -0.15) is 0 Å². The number of aromatic nitrogens is 2. The Hall–Kier alpha value is -1.16. The number of aliphatic hydroxyl groups is 1. The minimum atomic E-state index is 0.0146. The third-order valence-electron chi connectivity index (χ3n) is 3.69. The molecule has 0 amide bonds. The molecule has 2 heterocycles. The van der Waals surface area contributed by atoms with Crippen molar-refractivity contribution in [2.75, 3.05) is 18.0 Å². The van der Waals surface area contributed by atoms with Gasteiger partial charge < -0.3 is 10.0 Å². The Balaban J connectivity index is 2.11. The fourth-order valence-electron chi connectivity index (χ4n) is 2.30. The zero-order chi connectivity index (χ0) is 12.4. The summed E-state index contributed by atoms with van der Waals surface area (Å²) < 4.78 is 0. The van der Waals surface area contributed by atoms with Gasteiger partial charge in [0.2, 0.25) is 5.95 Å². The topological polar surface area (TPSA) is 49.2 Å².